The first-order chi connectivity index (χ1) is 6.69. The summed E-state index contributed by atoms with van der Waals surface area (Å²) in [4.78, 5) is 24.2. The van der Waals surface area contributed by atoms with E-state index in [0.29, 0.717) is 6.54 Å². The molecule has 1 unspecified atom stereocenters. The van der Waals surface area contributed by atoms with Crippen LogP contribution >= 0.6 is 0 Å². The number of likely N-dealkylation sites (tertiary alicyclic amines) is 1. The van der Waals surface area contributed by atoms with Gasteiger partial charge in [0.2, 0.25) is 5.91 Å². The van der Waals surface area contributed by atoms with Crippen LogP contribution in [0, 0.1) is 0 Å². The van der Waals surface area contributed by atoms with Gasteiger partial charge in [-0.2, -0.15) is 0 Å². The van der Waals surface area contributed by atoms with Gasteiger partial charge in [0.25, 0.3) is 0 Å². The van der Waals surface area contributed by atoms with Crippen LogP contribution in [-0.4, -0.2) is 49.6 Å². The summed E-state index contributed by atoms with van der Waals surface area (Å²) in [5.41, 5.74) is 0. The maximum absolute atomic E-state index is 11.2. The smallest absolute Gasteiger partial charge is 0.323 e. The molecule has 1 saturated heterocycles. The van der Waals surface area contributed by atoms with Crippen molar-refractivity contribution in [2.45, 2.75) is 19.4 Å². The molecule has 5 heteroatoms. The van der Waals surface area contributed by atoms with Gasteiger partial charge in [-0.15, -0.1) is 0 Å². The Labute approximate surface area is 83.4 Å². The van der Waals surface area contributed by atoms with Crippen molar-refractivity contribution in [3.05, 3.63) is 0 Å². The largest absolute Gasteiger partial charge is 0.468 e. The van der Waals surface area contributed by atoms with E-state index in [1.54, 1.807) is 0 Å². The molecule has 5 nitrogen and oxygen atoms in total. The molecule has 0 aliphatic carbocycles. The second-order valence-electron chi connectivity index (χ2n) is 3.25. The zero-order valence-electron chi connectivity index (χ0n) is 8.58. The molecule has 1 fully saturated rings. The Kier molecular flexibility index (Phi) is 3.88. The molecule has 1 heterocycles. The lowest BCUT2D eigenvalue weighted by Crippen LogP contribution is -2.55. The summed E-state index contributed by atoms with van der Waals surface area (Å²) < 4.78 is 4.61. The molecule has 0 saturated carbocycles. The lowest BCUT2D eigenvalue weighted by molar-refractivity contribution is -0.152. The van der Waals surface area contributed by atoms with Gasteiger partial charge >= 0.3 is 5.97 Å². The summed E-state index contributed by atoms with van der Waals surface area (Å²) in [7, 11) is 1.37. The predicted octanol–water partition coefficient (Wildman–Crippen LogP) is -0.630. The van der Waals surface area contributed by atoms with Crippen molar-refractivity contribution in [2.75, 3.05) is 26.7 Å². The molecular formula is C9H16N2O3. The molecule has 1 aliphatic rings. The van der Waals surface area contributed by atoms with E-state index in [-0.39, 0.29) is 24.5 Å². The number of methoxy groups -OCH3 is 1. The minimum atomic E-state index is -0.249. The standard InChI is InChI=1S/C9H16N2O3/c1-3-10-8(12)6-11-5-4-7(11)9(13)14-2/h7H,3-6H2,1-2H3,(H,10,12). The molecule has 0 aromatic carbocycles. The fourth-order valence-electron chi connectivity index (χ4n) is 1.47. The number of carbonyl (C=O) groups excluding carboxylic acids is 2. The maximum atomic E-state index is 11.2. The minimum absolute atomic E-state index is 0.0406. The Hall–Kier alpha value is -1.10. The first-order valence-corrected chi connectivity index (χ1v) is 4.77. The van der Waals surface area contributed by atoms with E-state index in [1.165, 1.54) is 7.11 Å². The molecule has 0 bridgehead atoms. The quantitative estimate of drug-likeness (QED) is 0.614. The van der Waals surface area contributed by atoms with Gasteiger partial charge in [-0.05, 0) is 13.3 Å². The van der Waals surface area contributed by atoms with Crippen LogP contribution in [-0.2, 0) is 14.3 Å². The molecule has 1 N–H and O–H groups in total. The summed E-state index contributed by atoms with van der Waals surface area (Å²) in [5, 5.41) is 2.69. The summed E-state index contributed by atoms with van der Waals surface area (Å²) in [5.74, 6) is -0.290. The van der Waals surface area contributed by atoms with Crippen LogP contribution in [0.4, 0.5) is 0 Å². The fraction of sp³-hybridized carbons (Fsp3) is 0.778. The van der Waals surface area contributed by atoms with E-state index < -0.39 is 0 Å². The Bertz CT molecular complexity index is 230. The van der Waals surface area contributed by atoms with E-state index >= 15 is 0 Å². The average Bonchev–Trinajstić information content (AvgIpc) is 2.13. The number of amides is 1. The van der Waals surface area contributed by atoms with Crippen LogP contribution in [0.25, 0.3) is 0 Å². The zero-order valence-corrected chi connectivity index (χ0v) is 8.58. The SMILES string of the molecule is CCNC(=O)CN1CCC1C(=O)OC. The molecule has 80 valence electrons. The van der Waals surface area contributed by atoms with Gasteiger partial charge in [0.15, 0.2) is 0 Å². The maximum Gasteiger partial charge on any atom is 0.323 e. The zero-order chi connectivity index (χ0) is 10.6. The number of ether oxygens (including phenoxy) is 1. The molecule has 0 spiro atoms. The molecule has 1 atom stereocenters. The van der Waals surface area contributed by atoms with Gasteiger partial charge < -0.3 is 10.1 Å². The first kappa shape index (κ1) is 11.0. The number of rotatable bonds is 4. The second-order valence-corrected chi connectivity index (χ2v) is 3.25. The van der Waals surface area contributed by atoms with Gasteiger partial charge in [-0.3, -0.25) is 14.5 Å². The lowest BCUT2D eigenvalue weighted by Gasteiger charge is -2.37. The highest BCUT2D eigenvalue weighted by molar-refractivity contribution is 5.81. The lowest BCUT2D eigenvalue weighted by atomic mass is 10.0. The topological polar surface area (TPSA) is 58.6 Å². The normalized spacial score (nSPS) is 21.1. The third kappa shape index (κ3) is 2.45. The highest BCUT2D eigenvalue weighted by Crippen LogP contribution is 2.17. The van der Waals surface area contributed by atoms with Crippen LogP contribution in [0.3, 0.4) is 0 Å². The van der Waals surface area contributed by atoms with Gasteiger partial charge in [-0.25, -0.2) is 0 Å². The monoisotopic (exact) mass is 200 g/mol. The van der Waals surface area contributed by atoms with Crippen LogP contribution in [0.5, 0.6) is 0 Å². The highest BCUT2D eigenvalue weighted by atomic mass is 16.5. The number of carbonyl (C=O) groups is 2. The van der Waals surface area contributed by atoms with E-state index in [4.69, 9.17) is 0 Å². The Morgan fingerprint density at radius 1 is 1.57 bits per heavy atom. The average molecular weight is 200 g/mol. The first-order valence-electron chi connectivity index (χ1n) is 4.77. The van der Waals surface area contributed by atoms with Crippen LogP contribution in [0.15, 0.2) is 0 Å². The number of hydrogen-bond donors (Lipinski definition) is 1. The van der Waals surface area contributed by atoms with Crippen molar-refractivity contribution in [1.29, 1.82) is 0 Å². The molecule has 0 aromatic rings. The summed E-state index contributed by atoms with van der Waals surface area (Å²) in [6.45, 7) is 3.56. The van der Waals surface area contributed by atoms with Gasteiger partial charge in [0, 0.05) is 13.1 Å². The van der Waals surface area contributed by atoms with Crippen molar-refractivity contribution >= 4 is 11.9 Å². The Balaban J connectivity index is 2.32. The number of nitrogens with zero attached hydrogens (tertiary/aromatic N) is 1. The third-order valence-electron chi connectivity index (χ3n) is 2.32. The predicted molar refractivity (Wildman–Crippen MR) is 50.7 cm³/mol. The number of hydrogen-bond acceptors (Lipinski definition) is 4. The number of esters is 1. The number of likely N-dealkylation sites (N-methyl/N-ethyl adjacent to an activating group) is 1. The molecule has 0 aromatic heterocycles. The van der Waals surface area contributed by atoms with Gasteiger partial charge in [0.05, 0.1) is 13.7 Å². The van der Waals surface area contributed by atoms with Crippen LogP contribution in [0.2, 0.25) is 0 Å². The molecule has 1 amide bonds. The summed E-state index contributed by atoms with van der Waals surface area (Å²) in [6, 6.07) is -0.220. The van der Waals surface area contributed by atoms with Gasteiger partial charge in [-0.1, -0.05) is 0 Å². The van der Waals surface area contributed by atoms with E-state index in [2.05, 4.69) is 10.1 Å². The Morgan fingerprint density at radius 2 is 2.29 bits per heavy atom. The van der Waals surface area contributed by atoms with Crippen molar-refractivity contribution in [3.63, 3.8) is 0 Å². The summed E-state index contributed by atoms with van der Waals surface area (Å²) >= 11 is 0. The molecule has 1 aliphatic heterocycles. The van der Waals surface area contributed by atoms with Crippen molar-refractivity contribution in [3.8, 4) is 0 Å². The third-order valence-corrected chi connectivity index (χ3v) is 2.32. The molecule has 0 radical (unpaired) electrons. The summed E-state index contributed by atoms with van der Waals surface area (Å²) in [6.07, 6.45) is 0.784. The van der Waals surface area contributed by atoms with Crippen molar-refractivity contribution in [2.24, 2.45) is 0 Å². The van der Waals surface area contributed by atoms with Crippen LogP contribution in [0.1, 0.15) is 13.3 Å². The fourth-order valence-corrected chi connectivity index (χ4v) is 1.47. The minimum Gasteiger partial charge on any atom is -0.468 e. The van der Waals surface area contributed by atoms with E-state index in [9.17, 15) is 9.59 Å². The molecule has 14 heavy (non-hydrogen) atoms. The van der Waals surface area contributed by atoms with Crippen molar-refractivity contribution in [1.82, 2.24) is 10.2 Å². The molecular weight excluding hydrogens is 184 g/mol. The van der Waals surface area contributed by atoms with Crippen LogP contribution < -0.4 is 5.32 Å². The number of nitrogens with one attached hydrogen (secondary N) is 1. The molecule has 1 rings (SSSR count). The van der Waals surface area contributed by atoms with Crippen molar-refractivity contribution < 1.29 is 14.3 Å². The highest BCUT2D eigenvalue weighted by Gasteiger charge is 2.35. The van der Waals surface area contributed by atoms with E-state index in [0.717, 1.165) is 13.0 Å². The Morgan fingerprint density at radius 3 is 2.71 bits per heavy atom. The second kappa shape index (κ2) is 4.95. The van der Waals surface area contributed by atoms with E-state index in [1.807, 2.05) is 11.8 Å². The van der Waals surface area contributed by atoms with Gasteiger partial charge in [0.1, 0.15) is 6.04 Å².